The van der Waals surface area contributed by atoms with E-state index in [1.807, 2.05) is 0 Å². The van der Waals surface area contributed by atoms with Crippen molar-refractivity contribution in [3.05, 3.63) is 0 Å². The van der Waals surface area contributed by atoms with Crippen LogP contribution in [0.3, 0.4) is 0 Å². The number of hydrogen-bond acceptors (Lipinski definition) is 3. The molecule has 2 rings (SSSR count). The summed E-state index contributed by atoms with van der Waals surface area (Å²) < 4.78 is 0. The summed E-state index contributed by atoms with van der Waals surface area (Å²) in [4.78, 5) is 24.5. The van der Waals surface area contributed by atoms with Gasteiger partial charge in [0.15, 0.2) is 0 Å². The van der Waals surface area contributed by atoms with Gasteiger partial charge in [-0.1, -0.05) is 6.42 Å². The number of nitrogens with zero attached hydrogens (tertiary/aromatic N) is 1. The molecule has 0 saturated carbocycles. The summed E-state index contributed by atoms with van der Waals surface area (Å²) in [7, 11) is 0. The van der Waals surface area contributed by atoms with Gasteiger partial charge in [-0.05, 0) is 51.1 Å². The van der Waals surface area contributed by atoms with Crippen molar-refractivity contribution in [1.29, 1.82) is 0 Å². The first kappa shape index (κ1) is 15.3. The van der Waals surface area contributed by atoms with Crippen LogP contribution in [0.2, 0.25) is 0 Å². The minimum Gasteiger partial charge on any atom is -0.481 e. The Morgan fingerprint density at radius 3 is 2.70 bits per heavy atom. The van der Waals surface area contributed by atoms with Crippen molar-refractivity contribution >= 4 is 11.9 Å². The number of carbonyl (C=O) groups excluding carboxylic acids is 1. The molecule has 0 radical (unpaired) electrons. The van der Waals surface area contributed by atoms with Crippen molar-refractivity contribution in [2.75, 3.05) is 19.6 Å². The van der Waals surface area contributed by atoms with Gasteiger partial charge in [0.05, 0.1) is 6.42 Å². The van der Waals surface area contributed by atoms with Gasteiger partial charge in [0.1, 0.15) is 0 Å². The molecule has 2 saturated heterocycles. The van der Waals surface area contributed by atoms with Crippen LogP contribution >= 0.6 is 0 Å². The van der Waals surface area contributed by atoms with E-state index in [0.717, 1.165) is 6.42 Å². The Balaban J connectivity index is 1.67. The summed E-state index contributed by atoms with van der Waals surface area (Å²) >= 11 is 0. The fourth-order valence-electron chi connectivity index (χ4n) is 3.62. The van der Waals surface area contributed by atoms with Gasteiger partial charge in [0.25, 0.3) is 0 Å². The Morgan fingerprint density at radius 2 is 1.90 bits per heavy atom. The van der Waals surface area contributed by atoms with Crippen LogP contribution in [-0.2, 0) is 9.59 Å². The highest BCUT2D eigenvalue weighted by atomic mass is 16.4. The number of aliphatic carboxylic acids is 1. The van der Waals surface area contributed by atoms with E-state index in [4.69, 9.17) is 5.11 Å². The van der Waals surface area contributed by atoms with E-state index in [0.29, 0.717) is 18.5 Å². The minimum absolute atomic E-state index is 0.0777. The first-order chi connectivity index (χ1) is 9.66. The third-order valence-corrected chi connectivity index (χ3v) is 4.63. The molecule has 1 amide bonds. The Bertz CT molecular complexity index is 344. The van der Waals surface area contributed by atoms with Crippen LogP contribution in [0.1, 0.15) is 51.4 Å². The number of rotatable bonds is 6. The van der Waals surface area contributed by atoms with Crippen molar-refractivity contribution in [2.45, 2.75) is 57.4 Å². The topological polar surface area (TPSA) is 69.6 Å². The molecule has 20 heavy (non-hydrogen) atoms. The predicted molar refractivity (Wildman–Crippen MR) is 76.4 cm³/mol. The van der Waals surface area contributed by atoms with Gasteiger partial charge in [-0.3, -0.25) is 9.59 Å². The molecule has 0 unspecified atom stereocenters. The summed E-state index contributed by atoms with van der Waals surface area (Å²) in [6, 6.07) is 0.716. The Kier molecular flexibility index (Phi) is 5.83. The molecular weight excluding hydrogens is 256 g/mol. The minimum atomic E-state index is -0.912. The van der Waals surface area contributed by atoms with Crippen LogP contribution < -0.4 is 5.32 Å². The molecule has 2 aliphatic heterocycles. The first-order valence-electron chi connectivity index (χ1n) is 7.89. The second-order valence-electron chi connectivity index (χ2n) is 6.03. The molecule has 2 N–H and O–H groups in total. The number of amides is 1. The van der Waals surface area contributed by atoms with Crippen LogP contribution in [-0.4, -0.2) is 47.6 Å². The molecule has 0 aromatic heterocycles. The van der Waals surface area contributed by atoms with Crippen LogP contribution in [0.15, 0.2) is 0 Å². The van der Waals surface area contributed by atoms with Gasteiger partial charge in [0, 0.05) is 19.0 Å². The maximum Gasteiger partial charge on any atom is 0.303 e. The molecule has 0 aliphatic carbocycles. The lowest BCUT2D eigenvalue weighted by Gasteiger charge is -2.44. The smallest absolute Gasteiger partial charge is 0.303 e. The summed E-state index contributed by atoms with van der Waals surface area (Å²) in [5.74, 6) is -0.349. The Hall–Kier alpha value is -1.10. The average molecular weight is 282 g/mol. The fourth-order valence-corrected chi connectivity index (χ4v) is 3.62. The third-order valence-electron chi connectivity index (χ3n) is 4.63. The summed E-state index contributed by atoms with van der Waals surface area (Å²) in [5.41, 5.74) is 0. The van der Waals surface area contributed by atoms with Crippen molar-refractivity contribution in [2.24, 2.45) is 5.92 Å². The van der Waals surface area contributed by atoms with Crippen molar-refractivity contribution in [3.63, 3.8) is 0 Å². The largest absolute Gasteiger partial charge is 0.481 e. The predicted octanol–water partition coefficient (Wildman–Crippen LogP) is 1.62. The van der Waals surface area contributed by atoms with E-state index in [9.17, 15) is 9.59 Å². The van der Waals surface area contributed by atoms with E-state index in [2.05, 4.69) is 10.2 Å². The van der Waals surface area contributed by atoms with E-state index in [1.165, 1.54) is 45.2 Å². The number of piperidine rings is 2. The van der Waals surface area contributed by atoms with E-state index >= 15 is 0 Å². The van der Waals surface area contributed by atoms with Gasteiger partial charge in [-0.2, -0.15) is 0 Å². The van der Waals surface area contributed by atoms with Gasteiger partial charge >= 0.3 is 5.97 Å². The summed E-state index contributed by atoms with van der Waals surface area (Å²) in [5, 5.41) is 11.4. The molecule has 0 spiro atoms. The van der Waals surface area contributed by atoms with Crippen LogP contribution in [0.5, 0.6) is 0 Å². The van der Waals surface area contributed by atoms with Gasteiger partial charge in [-0.15, -0.1) is 0 Å². The Labute approximate surface area is 120 Å². The van der Waals surface area contributed by atoms with Gasteiger partial charge < -0.3 is 15.3 Å². The Morgan fingerprint density at radius 1 is 1.10 bits per heavy atom. The van der Waals surface area contributed by atoms with E-state index < -0.39 is 5.97 Å². The van der Waals surface area contributed by atoms with Gasteiger partial charge in [0.2, 0.25) is 5.91 Å². The van der Waals surface area contributed by atoms with Crippen molar-refractivity contribution in [3.8, 4) is 0 Å². The molecule has 5 heteroatoms. The zero-order valence-electron chi connectivity index (χ0n) is 12.1. The molecule has 0 aromatic carbocycles. The van der Waals surface area contributed by atoms with E-state index in [-0.39, 0.29) is 18.7 Å². The SMILES string of the molecule is O=C(O)CCC(=O)NCC[C@@H]1CCCN2CCCC[C@H]12. The standard InChI is InChI=1S/C15H26N2O3/c18-14(6-7-15(19)20)16-9-8-12-4-3-11-17-10-2-1-5-13(12)17/h12-13H,1-11H2,(H,16,18)(H,19,20)/t12-,13+/m0/s1. The molecule has 2 heterocycles. The second kappa shape index (κ2) is 7.62. The van der Waals surface area contributed by atoms with Crippen molar-refractivity contribution in [1.82, 2.24) is 10.2 Å². The monoisotopic (exact) mass is 282 g/mol. The molecular formula is C15H26N2O3. The highest BCUT2D eigenvalue weighted by Gasteiger charge is 2.32. The average Bonchev–Trinajstić information content (AvgIpc) is 2.45. The fraction of sp³-hybridized carbons (Fsp3) is 0.867. The summed E-state index contributed by atoms with van der Waals surface area (Å²) in [6.45, 7) is 3.17. The van der Waals surface area contributed by atoms with Crippen LogP contribution in [0, 0.1) is 5.92 Å². The normalized spacial score (nSPS) is 26.8. The number of nitrogens with one attached hydrogen (secondary N) is 1. The maximum absolute atomic E-state index is 11.5. The number of carboxylic acid groups (broad SMARTS) is 1. The number of fused-ring (bicyclic) bond motifs is 1. The number of carboxylic acids is 1. The highest BCUT2D eigenvalue weighted by molar-refractivity contribution is 5.80. The van der Waals surface area contributed by atoms with Crippen molar-refractivity contribution < 1.29 is 14.7 Å². The lowest BCUT2D eigenvalue weighted by molar-refractivity contribution is -0.138. The zero-order chi connectivity index (χ0) is 14.4. The molecule has 5 nitrogen and oxygen atoms in total. The molecule has 2 aliphatic rings. The van der Waals surface area contributed by atoms with Gasteiger partial charge in [-0.25, -0.2) is 0 Å². The lowest BCUT2D eigenvalue weighted by Crippen LogP contribution is -2.48. The number of hydrogen-bond donors (Lipinski definition) is 2. The van der Waals surface area contributed by atoms with Crippen LogP contribution in [0.4, 0.5) is 0 Å². The molecule has 0 bridgehead atoms. The zero-order valence-corrected chi connectivity index (χ0v) is 12.1. The number of carbonyl (C=O) groups is 2. The van der Waals surface area contributed by atoms with E-state index in [1.54, 1.807) is 0 Å². The lowest BCUT2D eigenvalue weighted by atomic mass is 9.82. The molecule has 0 aromatic rings. The quantitative estimate of drug-likeness (QED) is 0.777. The second-order valence-corrected chi connectivity index (χ2v) is 6.03. The first-order valence-corrected chi connectivity index (χ1v) is 7.89. The third kappa shape index (κ3) is 4.47. The maximum atomic E-state index is 11.5. The molecule has 2 fully saturated rings. The highest BCUT2D eigenvalue weighted by Crippen LogP contribution is 2.32. The molecule has 2 atom stereocenters. The molecule has 114 valence electrons. The van der Waals surface area contributed by atoms with Crippen LogP contribution in [0.25, 0.3) is 0 Å². The summed E-state index contributed by atoms with van der Waals surface area (Å²) in [6.07, 6.45) is 7.55.